The highest BCUT2D eigenvalue weighted by molar-refractivity contribution is 5.98. The zero-order valence-electron chi connectivity index (χ0n) is 13.6. The lowest BCUT2D eigenvalue weighted by atomic mass is 9.92. The van der Waals surface area contributed by atoms with Gasteiger partial charge in [0.15, 0.2) is 12.2 Å². The molecule has 0 spiro atoms. The Morgan fingerprint density at radius 2 is 1.96 bits per heavy atom. The number of hydrogen-bond donors (Lipinski definition) is 2. The van der Waals surface area contributed by atoms with Crippen molar-refractivity contribution >= 4 is 17.6 Å². The van der Waals surface area contributed by atoms with Crippen LogP contribution in [0.4, 0.5) is 5.69 Å². The Morgan fingerprint density at radius 1 is 1.20 bits per heavy atom. The van der Waals surface area contributed by atoms with Crippen molar-refractivity contribution < 1.29 is 24.2 Å². The first-order valence-corrected chi connectivity index (χ1v) is 8.12. The number of anilines is 1. The molecule has 4 rings (SSSR count). The number of benzene rings is 2. The predicted molar refractivity (Wildman–Crippen MR) is 90.6 cm³/mol. The Labute approximate surface area is 144 Å². The summed E-state index contributed by atoms with van der Waals surface area (Å²) in [5.74, 6) is -0.548. The lowest BCUT2D eigenvalue weighted by Gasteiger charge is -2.25. The summed E-state index contributed by atoms with van der Waals surface area (Å²) in [6.07, 6.45) is -0.758. The van der Waals surface area contributed by atoms with Gasteiger partial charge in [-0.05, 0) is 53.8 Å². The topological polar surface area (TPSA) is 84.9 Å². The van der Waals surface area contributed by atoms with E-state index in [0.29, 0.717) is 30.0 Å². The van der Waals surface area contributed by atoms with Gasteiger partial charge in [0.2, 0.25) is 0 Å². The predicted octanol–water partition coefficient (Wildman–Crippen LogP) is 2.77. The SMILES string of the molecule is CC1Oc2ccc(-c3ccc4c(c3)C(C(=O)O)OCC4)cc2NC1=O. The van der Waals surface area contributed by atoms with Crippen molar-refractivity contribution in [1.29, 1.82) is 0 Å². The molecule has 25 heavy (non-hydrogen) atoms. The van der Waals surface area contributed by atoms with Gasteiger partial charge >= 0.3 is 5.97 Å². The van der Waals surface area contributed by atoms with Crippen molar-refractivity contribution in [2.24, 2.45) is 0 Å². The fourth-order valence-corrected chi connectivity index (χ4v) is 3.22. The lowest BCUT2D eigenvalue weighted by Crippen LogP contribution is -2.34. The third-order valence-corrected chi connectivity index (χ3v) is 4.55. The van der Waals surface area contributed by atoms with Crippen molar-refractivity contribution in [3.05, 3.63) is 47.5 Å². The molecule has 0 aromatic heterocycles. The number of carboxylic acid groups (broad SMARTS) is 1. The molecule has 1 amide bonds. The summed E-state index contributed by atoms with van der Waals surface area (Å²) in [5.41, 5.74) is 4.03. The molecule has 0 radical (unpaired) electrons. The van der Waals surface area contributed by atoms with E-state index in [4.69, 9.17) is 9.47 Å². The number of rotatable bonds is 2. The minimum atomic E-state index is -0.988. The van der Waals surface area contributed by atoms with Gasteiger partial charge in [0, 0.05) is 0 Å². The van der Waals surface area contributed by atoms with E-state index in [1.807, 2.05) is 36.4 Å². The summed E-state index contributed by atoms with van der Waals surface area (Å²) >= 11 is 0. The molecule has 0 saturated carbocycles. The second kappa shape index (κ2) is 5.89. The first kappa shape index (κ1) is 15.7. The second-order valence-electron chi connectivity index (χ2n) is 6.21. The molecular weight excluding hydrogens is 322 g/mol. The molecule has 0 aliphatic carbocycles. The molecule has 2 unspecified atom stereocenters. The quantitative estimate of drug-likeness (QED) is 0.879. The van der Waals surface area contributed by atoms with Gasteiger partial charge in [-0.2, -0.15) is 0 Å². The van der Waals surface area contributed by atoms with Crippen LogP contribution in [0, 0.1) is 0 Å². The molecule has 0 bridgehead atoms. The Morgan fingerprint density at radius 3 is 2.76 bits per heavy atom. The minimum Gasteiger partial charge on any atom is -0.479 e. The number of aliphatic carboxylic acids is 1. The lowest BCUT2D eigenvalue weighted by molar-refractivity contribution is -0.151. The maximum absolute atomic E-state index is 11.8. The first-order chi connectivity index (χ1) is 12.0. The van der Waals surface area contributed by atoms with Crippen LogP contribution in [0.25, 0.3) is 11.1 Å². The monoisotopic (exact) mass is 339 g/mol. The molecular formula is C19H17NO5. The fourth-order valence-electron chi connectivity index (χ4n) is 3.22. The molecule has 2 aliphatic heterocycles. The number of carbonyl (C=O) groups is 2. The minimum absolute atomic E-state index is 0.186. The number of carboxylic acids is 1. The normalized spacial score (nSPS) is 21.6. The molecule has 2 N–H and O–H groups in total. The van der Waals surface area contributed by atoms with E-state index in [1.54, 1.807) is 6.92 Å². The summed E-state index contributed by atoms with van der Waals surface area (Å²) in [6, 6.07) is 11.3. The third kappa shape index (κ3) is 2.74. The van der Waals surface area contributed by atoms with Crippen LogP contribution in [0.2, 0.25) is 0 Å². The smallest absolute Gasteiger partial charge is 0.337 e. The van der Waals surface area contributed by atoms with Crippen LogP contribution in [-0.4, -0.2) is 29.7 Å². The number of nitrogens with one attached hydrogen (secondary N) is 1. The zero-order chi connectivity index (χ0) is 17.6. The van der Waals surface area contributed by atoms with E-state index in [9.17, 15) is 14.7 Å². The van der Waals surface area contributed by atoms with Crippen LogP contribution in [-0.2, 0) is 20.7 Å². The molecule has 0 fully saturated rings. The summed E-state index contributed by atoms with van der Waals surface area (Å²) in [7, 11) is 0. The van der Waals surface area contributed by atoms with Gasteiger partial charge < -0.3 is 19.9 Å². The average Bonchev–Trinajstić information content (AvgIpc) is 2.61. The average molecular weight is 339 g/mol. The first-order valence-electron chi connectivity index (χ1n) is 8.12. The van der Waals surface area contributed by atoms with Crippen LogP contribution in [0.3, 0.4) is 0 Å². The standard InChI is InChI=1S/C19H17NO5/c1-10-18(21)20-15-9-13(4-5-16(15)25-10)12-3-2-11-6-7-24-17(19(22)23)14(11)8-12/h2-5,8-10,17H,6-7H2,1H3,(H,20,21)(H,22,23). The molecule has 2 aromatic carbocycles. The number of amides is 1. The highest BCUT2D eigenvalue weighted by atomic mass is 16.5. The van der Waals surface area contributed by atoms with Gasteiger partial charge in [-0.15, -0.1) is 0 Å². The second-order valence-corrected chi connectivity index (χ2v) is 6.21. The van der Waals surface area contributed by atoms with Gasteiger partial charge in [-0.3, -0.25) is 4.79 Å². The van der Waals surface area contributed by atoms with Gasteiger partial charge in [-0.25, -0.2) is 4.79 Å². The largest absolute Gasteiger partial charge is 0.479 e. The zero-order valence-corrected chi connectivity index (χ0v) is 13.6. The summed E-state index contributed by atoms with van der Waals surface area (Å²) < 4.78 is 11.0. The number of fused-ring (bicyclic) bond motifs is 2. The number of hydrogen-bond acceptors (Lipinski definition) is 4. The Hall–Kier alpha value is -2.86. The van der Waals surface area contributed by atoms with E-state index >= 15 is 0 Å². The van der Waals surface area contributed by atoms with E-state index < -0.39 is 18.2 Å². The fraction of sp³-hybridized carbons (Fsp3) is 0.263. The molecule has 2 aromatic rings. The van der Waals surface area contributed by atoms with E-state index in [2.05, 4.69) is 5.32 Å². The van der Waals surface area contributed by atoms with Crippen molar-refractivity contribution in [1.82, 2.24) is 0 Å². The molecule has 2 heterocycles. The number of carbonyl (C=O) groups excluding carboxylic acids is 1. The van der Waals surface area contributed by atoms with Crippen LogP contribution >= 0.6 is 0 Å². The molecule has 2 aliphatic rings. The van der Waals surface area contributed by atoms with Crippen LogP contribution < -0.4 is 10.1 Å². The number of ether oxygens (including phenoxy) is 2. The maximum atomic E-state index is 11.8. The summed E-state index contributed by atoms with van der Waals surface area (Å²) in [6.45, 7) is 2.10. The molecule has 128 valence electrons. The van der Waals surface area contributed by atoms with Crippen molar-refractivity contribution in [2.75, 3.05) is 11.9 Å². The molecule has 6 heteroatoms. The van der Waals surface area contributed by atoms with Gasteiger partial charge in [-0.1, -0.05) is 18.2 Å². The van der Waals surface area contributed by atoms with Gasteiger partial charge in [0.25, 0.3) is 5.91 Å². The highest BCUT2D eigenvalue weighted by Crippen LogP contribution is 2.36. The van der Waals surface area contributed by atoms with E-state index in [0.717, 1.165) is 16.7 Å². The molecule has 0 saturated heterocycles. The van der Waals surface area contributed by atoms with Crippen LogP contribution in [0.15, 0.2) is 36.4 Å². The summed E-state index contributed by atoms with van der Waals surface area (Å²) in [5, 5.41) is 12.2. The van der Waals surface area contributed by atoms with Crippen molar-refractivity contribution in [3.63, 3.8) is 0 Å². The van der Waals surface area contributed by atoms with Crippen molar-refractivity contribution in [2.45, 2.75) is 25.6 Å². The van der Waals surface area contributed by atoms with Crippen LogP contribution in [0.1, 0.15) is 24.2 Å². The van der Waals surface area contributed by atoms with E-state index in [-0.39, 0.29) is 5.91 Å². The highest BCUT2D eigenvalue weighted by Gasteiger charge is 2.28. The maximum Gasteiger partial charge on any atom is 0.337 e. The Bertz CT molecular complexity index is 876. The summed E-state index contributed by atoms with van der Waals surface area (Å²) in [4.78, 5) is 23.2. The van der Waals surface area contributed by atoms with E-state index in [1.165, 1.54) is 0 Å². The van der Waals surface area contributed by atoms with Gasteiger partial charge in [0.05, 0.1) is 12.3 Å². The third-order valence-electron chi connectivity index (χ3n) is 4.55. The van der Waals surface area contributed by atoms with Crippen LogP contribution in [0.5, 0.6) is 5.75 Å². The van der Waals surface area contributed by atoms with Crippen molar-refractivity contribution in [3.8, 4) is 16.9 Å². The Balaban J connectivity index is 1.74. The molecule has 6 nitrogen and oxygen atoms in total. The molecule has 2 atom stereocenters. The Kier molecular flexibility index (Phi) is 3.69. The van der Waals surface area contributed by atoms with Gasteiger partial charge in [0.1, 0.15) is 5.75 Å².